The van der Waals surface area contributed by atoms with Crippen molar-refractivity contribution < 1.29 is 9.59 Å². The summed E-state index contributed by atoms with van der Waals surface area (Å²) < 4.78 is 0. The fourth-order valence-corrected chi connectivity index (χ4v) is 2.97. The smallest absolute Gasteiger partial charge is 0.251 e. The fraction of sp³-hybridized carbons (Fsp3) is 0.0952. The van der Waals surface area contributed by atoms with Gasteiger partial charge in [0.1, 0.15) is 0 Å². The number of nitrogens with one attached hydrogen (secondary N) is 3. The third-order valence-corrected chi connectivity index (χ3v) is 4.37. The van der Waals surface area contributed by atoms with Crippen molar-refractivity contribution >= 4 is 39.2 Å². The van der Waals surface area contributed by atoms with Crippen LogP contribution in [0.2, 0.25) is 0 Å². The van der Waals surface area contributed by atoms with Gasteiger partial charge < -0.3 is 10.6 Å². The Balaban J connectivity index is 1.31. The standard InChI is InChI=1S/C21H18N4O2/c26-20(24-18-7-8-19-17(12-18)13-23-25-19)9-10-22-21(27)16-6-5-14-3-1-2-4-15(14)11-16/h1-8,11-13H,9-10H2,(H,22,27)(H,23,25)(H,24,26). The predicted octanol–water partition coefficient (Wildman–Crippen LogP) is 3.47. The second kappa shape index (κ2) is 7.29. The van der Waals surface area contributed by atoms with Gasteiger partial charge in [0.2, 0.25) is 5.91 Å². The maximum absolute atomic E-state index is 12.3. The van der Waals surface area contributed by atoms with Crippen molar-refractivity contribution in [2.75, 3.05) is 11.9 Å². The van der Waals surface area contributed by atoms with Gasteiger partial charge in [-0.25, -0.2) is 0 Å². The maximum Gasteiger partial charge on any atom is 0.251 e. The molecule has 0 aliphatic carbocycles. The first-order chi connectivity index (χ1) is 13.2. The van der Waals surface area contributed by atoms with Crippen molar-refractivity contribution in [1.29, 1.82) is 0 Å². The summed E-state index contributed by atoms with van der Waals surface area (Å²) in [5.74, 6) is -0.343. The van der Waals surface area contributed by atoms with E-state index in [1.54, 1.807) is 12.3 Å². The SMILES string of the molecule is O=C(CCNC(=O)c1ccc2ccccc2c1)Nc1ccc2[nH]ncc2c1. The molecule has 2 amide bonds. The van der Waals surface area contributed by atoms with E-state index in [2.05, 4.69) is 20.8 Å². The molecule has 4 rings (SSSR count). The molecule has 0 aliphatic rings. The summed E-state index contributed by atoms with van der Waals surface area (Å²) in [6, 6.07) is 19.0. The minimum atomic E-state index is -0.187. The second-order valence-corrected chi connectivity index (χ2v) is 6.29. The lowest BCUT2D eigenvalue weighted by atomic mass is 10.1. The molecule has 4 aromatic rings. The molecule has 3 aromatic carbocycles. The highest BCUT2D eigenvalue weighted by Gasteiger charge is 2.08. The van der Waals surface area contributed by atoms with E-state index < -0.39 is 0 Å². The molecule has 0 aliphatic heterocycles. The van der Waals surface area contributed by atoms with E-state index in [0.717, 1.165) is 21.7 Å². The van der Waals surface area contributed by atoms with Crippen LogP contribution in [-0.2, 0) is 4.79 Å². The zero-order chi connectivity index (χ0) is 18.6. The summed E-state index contributed by atoms with van der Waals surface area (Å²) in [5.41, 5.74) is 2.20. The number of aromatic nitrogens is 2. The van der Waals surface area contributed by atoms with E-state index in [4.69, 9.17) is 0 Å². The van der Waals surface area contributed by atoms with Gasteiger partial charge in [-0.05, 0) is 41.1 Å². The molecule has 0 unspecified atom stereocenters. The van der Waals surface area contributed by atoms with Crippen molar-refractivity contribution in [1.82, 2.24) is 15.5 Å². The highest BCUT2D eigenvalue weighted by molar-refractivity contribution is 5.99. The summed E-state index contributed by atoms with van der Waals surface area (Å²) in [4.78, 5) is 24.4. The quantitative estimate of drug-likeness (QED) is 0.510. The number of H-pyrrole nitrogens is 1. The predicted molar refractivity (Wildman–Crippen MR) is 106 cm³/mol. The van der Waals surface area contributed by atoms with Gasteiger partial charge in [-0.3, -0.25) is 14.7 Å². The number of carbonyl (C=O) groups excluding carboxylic acids is 2. The molecule has 1 heterocycles. The molecule has 0 spiro atoms. The largest absolute Gasteiger partial charge is 0.352 e. The van der Waals surface area contributed by atoms with Gasteiger partial charge in [0.25, 0.3) is 5.91 Å². The maximum atomic E-state index is 12.3. The molecule has 0 fully saturated rings. The number of benzene rings is 3. The summed E-state index contributed by atoms with van der Waals surface area (Å²) in [6.45, 7) is 0.269. The highest BCUT2D eigenvalue weighted by Crippen LogP contribution is 2.17. The molecule has 6 heteroatoms. The van der Waals surface area contributed by atoms with Gasteiger partial charge in [-0.15, -0.1) is 0 Å². The van der Waals surface area contributed by atoms with E-state index in [0.29, 0.717) is 11.3 Å². The number of nitrogens with zero attached hydrogens (tertiary/aromatic N) is 1. The number of aromatic amines is 1. The van der Waals surface area contributed by atoms with Gasteiger partial charge in [0, 0.05) is 29.6 Å². The lowest BCUT2D eigenvalue weighted by Crippen LogP contribution is -2.27. The van der Waals surface area contributed by atoms with Gasteiger partial charge in [-0.2, -0.15) is 5.10 Å². The molecule has 0 radical (unpaired) electrons. The van der Waals surface area contributed by atoms with Gasteiger partial charge in [0.05, 0.1) is 11.7 Å². The van der Waals surface area contributed by atoms with Crippen LogP contribution in [0, 0.1) is 0 Å². The first-order valence-electron chi connectivity index (χ1n) is 8.69. The van der Waals surface area contributed by atoms with Crippen molar-refractivity contribution in [3.63, 3.8) is 0 Å². The zero-order valence-electron chi connectivity index (χ0n) is 14.5. The van der Waals surface area contributed by atoms with Crippen LogP contribution in [0.5, 0.6) is 0 Å². The first kappa shape index (κ1) is 16.8. The summed E-state index contributed by atoms with van der Waals surface area (Å²) in [6.07, 6.45) is 1.90. The monoisotopic (exact) mass is 358 g/mol. The van der Waals surface area contributed by atoms with E-state index in [1.165, 1.54) is 0 Å². The van der Waals surface area contributed by atoms with Crippen LogP contribution in [0.3, 0.4) is 0 Å². The van der Waals surface area contributed by atoms with E-state index >= 15 is 0 Å². The van der Waals surface area contributed by atoms with Crippen LogP contribution in [0.4, 0.5) is 5.69 Å². The normalized spacial score (nSPS) is 10.8. The Kier molecular flexibility index (Phi) is 4.53. The third-order valence-electron chi connectivity index (χ3n) is 4.37. The van der Waals surface area contributed by atoms with Crippen LogP contribution in [0.15, 0.2) is 66.9 Å². The van der Waals surface area contributed by atoms with Crippen LogP contribution in [0.25, 0.3) is 21.7 Å². The molecular weight excluding hydrogens is 340 g/mol. The summed E-state index contributed by atoms with van der Waals surface area (Å²) in [7, 11) is 0. The number of anilines is 1. The van der Waals surface area contributed by atoms with Crippen molar-refractivity contribution in [2.24, 2.45) is 0 Å². The van der Waals surface area contributed by atoms with Crippen molar-refractivity contribution in [3.05, 3.63) is 72.4 Å². The number of hydrogen-bond acceptors (Lipinski definition) is 3. The van der Waals surface area contributed by atoms with Gasteiger partial charge in [0.15, 0.2) is 0 Å². The Morgan fingerprint density at radius 2 is 1.78 bits per heavy atom. The van der Waals surface area contributed by atoms with Crippen LogP contribution in [0.1, 0.15) is 16.8 Å². The molecule has 27 heavy (non-hydrogen) atoms. The first-order valence-corrected chi connectivity index (χ1v) is 8.69. The van der Waals surface area contributed by atoms with E-state index in [1.807, 2.05) is 54.6 Å². The number of hydrogen-bond donors (Lipinski definition) is 3. The minimum Gasteiger partial charge on any atom is -0.352 e. The molecule has 0 saturated heterocycles. The summed E-state index contributed by atoms with van der Waals surface area (Å²) >= 11 is 0. The number of fused-ring (bicyclic) bond motifs is 2. The minimum absolute atomic E-state index is 0.156. The summed E-state index contributed by atoms with van der Waals surface area (Å²) in [5, 5.41) is 15.5. The number of amides is 2. The van der Waals surface area contributed by atoms with Crippen LogP contribution >= 0.6 is 0 Å². The Bertz CT molecular complexity index is 1130. The van der Waals surface area contributed by atoms with Crippen LogP contribution < -0.4 is 10.6 Å². The van der Waals surface area contributed by atoms with E-state index in [-0.39, 0.29) is 24.8 Å². The van der Waals surface area contributed by atoms with Crippen molar-refractivity contribution in [2.45, 2.75) is 6.42 Å². The number of carbonyl (C=O) groups is 2. The molecule has 3 N–H and O–H groups in total. The molecule has 6 nitrogen and oxygen atoms in total. The second-order valence-electron chi connectivity index (χ2n) is 6.29. The molecule has 1 aromatic heterocycles. The Hall–Kier alpha value is -3.67. The lowest BCUT2D eigenvalue weighted by Gasteiger charge is -2.08. The average Bonchev–Trinajstić information content (AvgIpc) is 3.15. The molecular formula is C21H18N4O2. The molecule has 134 valence electrons. The Morgan fingerprint density at radius 1 is 0.926 bits per heavy atom. The topological polar surface area (TPSA) is 86.9 Å². The van der Waals surface area contributed by atoms with Crippen molar-refractivity contribution in [3.8, 4) is 0 Å². The molecule has 0 saturated carbocycles. The van der Waals surface area contributed by atoms with Crippen LogP contribution in [-0.4, -0.2) is 28.6 Å². The lowest BCUT2D eigenvalue weighted by molar-refractivity contribution is -0.116. The van der Waals surface area contributed by atoms with Gasteiger partial charge >= 0.3 is 0 Å². The molecule has 0 bridgehead atoms. The molecule has 0 atom stereocenters. The number of rotatable bonds is 5. The average molecular weight is 358 g/mol. The fourth-order valence-electron chi connectivity index (χ4n) is 2.97. The zero-order valence-corrected chi connectivity index (χ0v) is 14.5. The highest BCUT2D eigenvalue weighted by atomic mass is 16.2. The van der Waals surface area contributed by atoms with Gasteiger partial charge in [-0.1, -0.05) is 30.3 Å². The Morgan fingerprint density at radius 3 is 2.67 bits per heavy atom. The Labute approximate surface area is 155 Å². The van der Waals surface area contributed by atoms with E-state index in [9.17, 15) is 9.59 Å². The third kappa shape index (κ3) is 3.79.